The number of ether oxygens (including phenoxy) is 1. The van der Waals surface area contributed by atoms with E-state index in [4.69, 9.17) is 9.84 Å². The number of benzene rings is 1. The maximum atomic E-state index is 13.6. The predicted molar refractivity (Wildman–Crippen MR) is 160 cm³/mol. The first-order valence-corrected chi connectivity index (χ1v) is 14.8. The largest absolute Gasteiger partial charge is 0.491 e. The highest BCUT2D eigenvalue weighted by Crippen LogP contribution is 2.35. The Morgan fingerprint density at radius 2 is 1.79 bits per heavy atom. The van der Waals surface area contributed by atoms with Gasteiger partial charge in [0.2, 0.25) is 5.95 Å². The first-order chi connectivity index (χ1) is 20.0. The minimum absolute atomic E-state index is 0.0665. The smallest absolute Gasteiger partial charge is 0.338 e. The number of carboxylic acid groups (broad SMARTS) is 1. The Morgan fingerprint density at radius 3 is 2.40 bits per heavy atom. The van der Waals surface area contributed by atoms with Gasteiger partial charge in [0.05, 0.1) is 26.8 Å². The van der Waals surface area contributed by atoms with Crippen molar-refractivity contribution in [2.45, 2.75) is 44.3 Å². The number of piperazine rings is 1. The van der Waals surface area contributed by atoms with Crippen molar-refractivity contribution >= 4 is 45.3 Å². The number of nitrogens with zero attached hydrogens (tertiary/aromatic N) is 7. The van der Waals surface area contributed by atoms with E-state index in [1.165, 1.54) is 18.7 Å². The van der Waals surface area contributed by atoms with E-state index in [0.29, 0.717) is 60.0 Å². The van der Waals surface area contributed by atoms with Crippen molar-refractivity contribution in [2.24, 2.45) is 0 Å². The summed E-state index contributed by atoms with van der Waals surface area (Å²) >= 11 is 0. The number of rotatable bonds is 9. The molecule has 5 rings (SSSR count). The fourth-order valence-corrected chi connectivity index (χ4v) is 5.71. The molecule has 1 atom stereocenters. The maximum Gasteiger partial charge on any atom is 0.338 e. The van der Waals surface area contributed by atoms with Gasteiger partial charge in [-0.15, -0.1) is 0 Å². The molecule has 0 aliphatic carbocycles. The fraction of sp³-hybridized carbons (Fsp3) is 0.429. The summed E-state index contributed by atoms with van der Waals surface area (Å²) in [7, 11) is -1.36. The molecule has 1 aliphatic heterocycles. The van der Waals surface area contributed by atoms with E-state index >= 15 is 0 Å². The number of aromatic nitrogens is 6. The van der Waals surface area contributed by atoms with Crippen LogP contribution in [-0.2, 0) is 10.8 Å². The summed E-state index contributed by atoms with van der Waals surface area (Å²) in [6, 6.07) is 3.69. The molecule has 0 amide bonds. The number of fused-ring (bicyclic) bond motifs is 1. The third kappa shape index (κ3) is 6.34. The molecule has 3 N–H and O–H groups in total. The zero-order valence-electron chi connectivity index (χ0n) is 24.3. The van der Waals surface area contributed by atoms with Gasteiger partial charge in [-0.1, -0.05) is 0 Å². The standard InChI is InChI=1S/C28H35N9O4S/c1-17-18(2)34-35-24(17)33-25-20-12-23(42(40)28(3,4)5)22(13-21(20)31-16-32-25)41-11-10-36-6-8-37(9-7-36)27-29-14-19(15-30-27)26(38)39/h12-16H,6-11H2,1-5H3,(H,38,39)(H2,31,32,33,34,35). The average molecular weight is 594 g/mol. The van der Waals surface area contributed by atoms with Crippen molar-refractivity contribution in [3.63, 3.8) is 0 Å². The van der Waals surface area contributed by atoms with E-state index in [1.54, 1.807) is 0 Å². The predicted octanol–water partition coefficient (Wildman–Crippen LogP) is 3.31. The Bertz CT molecular complexity index is 1610. The number of anilines is 3. The molecule has 1 unspecified atom stereocenters. The second-order valence-electron chi connectivity index (χ2n) is 11.1. The second-order valence-corrected chi connectivity index (χ2v) is 13.3. The van der Waals surface area contributed by atoms with E-state index in [-0.39, 0.29) is 5.56 Å². The van der Waals surface area contributed by atoms with Crippen LogP contribution in [-0.4, -0.2) is 94.4 Å². The maximum absolute atomic E-state index is 13.6. The third-order valence-corrected chi connectivity index (χ3v) is 8.98. The van der Waals surface area contributed by atoms with Crippen LogP contribution in [0.2, 0.25) is 0 Å². The average Bonchev–Trinajstić information content (AvgIpc) is 3.28. The highest BCUT2D eigenvalue weighted by atomic mass is 32.2. The van der Waals surface area contributed by atoms with Crippen LogP contribution >= 0.6 is 0 Å². The Balaban J connectivity index is 1.29. The molecule has 0 spiro atoms. The minimum atomic E-state index is -1.36. The highest BCUT2D eigenvalue weighted by Gasteiger charge is 2.26. The van der Waals surface area contributed by atoms with Gasteiger partial charge in [0.15, 0.2) is 5.82 Å². The molecule has 1 aliphatic rings. The van der Waals surface area contributed by atoms with Crippen LogP contribution in [0.5, 0.6) is 5.75 Å². The molecule has 42 heavy (non-hydrogen) atoms. The number of aromatic amines is 1. The van der Waals surface area contributed by atoms with Crippen LogP contribution in [0.4, 0.5) is 17.6 Å². The SMILES string of the molecule is Cc1[nH]nc(Nc2ncnc3cc(OCCN4CCN(c5ncc(C(=O)O)cn5)CC4)c(S(=O)C(C)(C)C)cc23)c1C. The molecule has 13 nitrogen and oxygen atoms in total. The van der Waals surface area contributed by atoms with Gasteiger partial charge < -0.3 is 20.1 Å². The lowest BCUT2D eigenvalue weighted by Gasteiger charge is -2.34. The van der Waals surface area contributed by atoms with Crippen molar-refractivity contribution in [1.82, 2.24) is 35.0 Å². The van der Waals surface area contributed by atoms with Gasteiger partial charge in [0.25, 0.3) is 0 Å². The number of hydrogen-bond donors (Lipinski definition) is 3. The molecule has 1 saturated heterocycles. The second kappa shape index (κ2) is 12.0. The van der Waals surface area contributed by atoms with Crippen LogP contribution in [0.25, 0.3) is 10.9 Å². The van der Waals surface area contributed by atoms with E-state index in [9.17, 15) is 9.00 Å². The third-order valence-electron chi connectivity index (χ3n) is 7.15. The normalized spacial score (nSPS) is 15.1. The van der Waals surface area contributed by atoms with E-state index in [0.717, 1.165) is 29.7 Å². The Kier molecular flexibility index (Phi) is 8.36. The summed E-state index contributed by atoms with van der Waals surface area (Å²) in [5.41, 5.74) is 2.69. The van der Waals surface area contributed by atoms with E-state index in [1.807, 2.05) is 51.7 Å². The van der Waals surface area contributed by atoms with Crippen LogP contribution in [0.1, 0.15) is 42.4 Å². The quantitative estimate of drug-likeness (QED) is 0.260. The topological polar surface area (TPSA) is 162 Å². The van der Waals surface area contributed by atoms with Gasteiger partial charge in [-0.25, -0.2) is 24.7 Å². The molecule has 4 aromatic rings. The van der Waals surface area contributed by atoms with Crippen molar-refractivity contribution in [3.8, 4) is 5.75 Å². The molecule has 3 aromatic heterocycles. The number of nitrogens with one attached hydrogen (secondary N) is 2. The summed E-state index contributed by atoms with van der Waals surface area (Å²) in [6.07, 6.45) is 4.15. The molecule has 0 radical (unpaired) electrons. The lowest BCUT2D eigenvalue weighted by Crippen LogP contribution is -2.48. The van der Waals surface area contributed by atoms with Crippen molar-refractivity contribution in [3.05, 3.63) is 47.7 Å². The molecule has 1 fully saturated rings. The molecule has 1 aromatic carbocycles. The number of H-pyrrole nitrogens is 1. The zero-order valence-corrected chi connectivity index (χ0v) is 25.2. The Labute approximate surface area is 246 Å². The molecule has 222 valence electrons. The molecule has 0 bridgehead atoms. The molecule has 14 heteroatoms. The van der Waals surface area contributed by atoms with Crippen LogP contribution in [0, 0.1) is 13.8 Å². The number of aryl methyl sites for hydroxylation is 1. The summed E-state index contributed by atoms with van der Waals surface area (Å²) < 4.78 is 19.4. The van der Waals surface area contributed by atoms with E-state index in [2.05, 4.69) is 40.3 Å². The molecule has 0 saturated carbocycles. The van der Waals surface area contributed by atoms with Crippen LogP contribution < -0.4 is 15.0 Å². The lowest BCUT2D eigenvalue weighted by atomic mass is 10.2. The molecular formula is C28H35N9O4S. The van der Waals surface area contributed by atoms with Crippen molar-refractivity contribution in [2.75, 3.05) is 49.5 Å². The van der Waals surface area contributed by atoms with Gasteiger partial charge in [-0.05, 0) is 40.7 Å². The summed E-state index contributed by atoms with van der Waals surface area (Å²) in [4.78, 5) is 33.3. The van der Waals surface area contributed by atoms with Crippen LogP contribution in [0.15, 0.2) is 35.7 Å². The van der Waals surface area contributed by atoms with Gasteiger partial charge in [-0.2, -0.15) is 5.10 Å². The summed E-state index contributed by atoms with van der Waals surface area (Å²) in [5, 5.41) is 20.4. The van der Waals surface area contributed by atoms with Gasteiger partial charge in [0, 0.05) is 72.6 Å². The highest BCUT2D eigenvalue weighted by molar-refractivity contribution is 7.86. The minimum Gasteiger partial charge on any atom is -0.491 e. The summed E-state index contributed by atoms with van der Waals surface area (Å²) in [6.45, 7) is 13.8. The van der Waals surface area contributed by atoms with Gasteiger partial charge in [0.1, 0.15) is 24.5 Å². The molecule has 4 heterocycles. The van der Waals surface area contributed by atoms with Gasteiger partial charge >= 0.3 is 5.97 Å². The Morgan fingerprint density at radius 1 is 1.07 bits per heavy atom. The summed E-state index contributed by atoms with van der Waals surface area (Å²) in [5.74, 6) is 1.27. The first-order valence-electron chi connectivity index (χ1n) is 13.7. The van der Waals surface area contributed by atoms with Gasteiger partial charge in [-0.3, -0.25) is 14.2 Å². The fourth-order valence-electron chi connectivity index (χ4n) is 4.52. The number of carbonyl (C=O) groups is 1. The number of carboxylic acids is 1. The zero-order chi connectivity index (χ0) is 30.0. The van der Waals surface area contributed by atoms with Crippen molar-refractivity contribution in [1.29, 1.82) is 0 Å². The lowest BCUT2D eigenvalue weighted by molar-refractivity contribution is 0.0696. The van der Waals surface area contributed by atoms with Crippen LogP contribution in [0.3, 0.4) is 0 Å². The number of aromatic carboxylic acids is 1. The van der Waals surface area contributed by atoms with Crippen molar-refractivity contribution < 1.29 is 18.8 Å². The first kappa shape index (κ1) is 29.3. The molecular weight excluding hydrogens is 558 g/mol. The number of hydrogen-bond acceptors (Lipinski definition) is 11. The monoisotopic (exact) mass is 593 g/mol. The Hall–Kier alpha value is -4.17. The van der Waals surface area contributed by atoms with E-state index < -0.39 is 21.5 Å².